The zero-order valence-corrected chi connectivity index (χ0v) is 7.95. The predicted octanol–water partition coefficient (Wildman–Crippen LogP) is 1.21. The number of benzene rings is 1. The second-order valence-corrected chi connectivity index (χ2v) is 3.83. The highest BCUT2D eigenvalue weighted by Crippen LogP contribution is 2.37. The Morgan fingerprint density at radius 2 is 2.21 bits per heavy atom. The van der Waals surface area contributed by atoms with Crippen molar-refractivity contribution in [3.63, 3.8) is 0 Å². The molecule has 2 N–H and O–H groups in total. The van der Waals surface area contributed by atoms with Gasteiger partial charge in [0.2, 0.25) is 0 Å². The molecule has 1 aliphatic carbocycles. The van der Waals surface area contributed by atoms with Gasteiger partial charge in [-0.2, -0.15) is 0 Å². The van der Waals surface area contributed by atoms with Gasteiger partial charge in [0, 0.05) is 0 Å². The van der Waals surface area contributed by atoms with E-state index in [1.54, 1.807) is 6.07 Å². The van der Waals surface area contributed by atoms with Gasteiger partial charge in [-0.25, -0.2) is 4.79 Å². The molecule has 3 heteroatoms. The van der Waals surface area contributed by atoms with Crippen molar-refractivity contribution in [2.45, 2.75) is 25.4 Å². The number of fused-ring (bicyclic) bond motifs is 1. The minimum atomic E-state index is -1.67. The van der Waals surface area contributed by atoms with Gasteiger partial charge in [0.05, 0.1) is 0 Å². The summed E-state index contributed by atoms with van der Waals surface area (Å²) in [5, 5.41) is 18.9. The van der Waals surface area contributed by atoms with E-state index >= 15 is 0 Å². The summed E-state index contributed by atoms with van der Waals surface area (Å²) < 4.78 is 0. The Bertz CT molecular complexity index is 398. The molecule has 1 aromatic carbocycles. The summed E-state index contributed by atoms with van der Waals surface area (Å²) in [4.78, 5) is 10.9. The molecule has 0 bridgehead atoms. The first kappa shape index (κ1) is 9.21. The number of hydrogen-bond acceptors (Lipinski definition) is 2. The smallest absolute Gasteiger partial charge is 0.340 e. The Balaban J connectivity index is 2.58. The van der Waals surface area contributed by atoms with Gasteiger partial charge in [-0.3, -0.25) is 0 Å². The van der Waals surface area contributed by atoms with E-state index in [1.165, 1.54) is 0 Å². The Kier molecular flexibility index (Phi) is 1.86. The standard InChI is InChI=1S/C11H12O3/c1-7-2-3-8-4-5-11(14,10(12)13)9(8)6-7/h2-3,6,14H,4-5H2,1H3,(H,12,13). The third-order valence-electron chi connectivity index (χ3n) is 2.82. The summed E-state index contributed by atoms with van der Waals surface area (Å²) in [7, 11) is 0. The molecular weight excluding hydrogens is 180 g/mol. The third kappa shape index (κ3) is 1.13. The predicted molar refractivity (Wildman–Crippen MR) is 51.0 cm³/mol. The molecule has 74 valence electrons. The first-order valence-corrected chi connectivity index (χ1v) is 4.60. The fourth-order valence-electron chi connectivity index (χ4n) is 1.97. The molecule has 0 spiro atoms. The first-order valence-electron chi connectivity index (χ1n) is 4.60. The van der Waals surface area contributed by atoms with E-state index in [0.29, 0.717) is 12.0 Å². The maximum atomic E-state index is 10.9. The normalized spacial score (nSPS) is 24.7. The molecule has 3 nitrogen and oxygen atoms in total. The molecule has 0 aliphatic heterocycles. The SMILES string of the molecule is Cc1ccc2c(c1)C(O)(C(=O)O)CC2. The summed E-state index contributed by atoms with van der Waals surface area (Å²) >= 11 is 0. The van der Waals surface area contributed by atoms with Crippen molar-refractivity contribution in [2.24, 2.45) is 0 Å². The lowest BCUT2D eigenvalue weighted by Crippen LogP contribution is -2.32. The van der Waals surface area contributed by atoms with Crippen LogP contribution in [0.15, 0.2) is 18.2 Å². The van der Waals surface area contributed by atoms with Gasteiger partial charge in [-0.05, 0) is 30.9 Å². The zero-order valence-electron chi connectivity index (χ0n) is 7.95. The molecule has 0 amide bonds. The van der Waals surface area contributed by atoms with Crippen LogP contribution in [0, 0.1) is 6.92 Å². The van der Waals surface area contributed by atoms with Crippen LogP contribution in [0.3, 0.4) is 0 Å². The van der Waals surface area contributed by atoms with Crippen molar-refractivity contribution in [3.05, 3.63) is 34.9 Å². The summed E-state index contributed by atoms with van der Waals surface area (Å²) in [5.74, 6) is -1.15. The van der Waals surface area contributed by atoms with Crippen molar-refractivity contribution in [2.75, 3.05) is 0 Å². The monoisotopic (exact) mass is 192 g/mol. The summed E-state index contributed by atoms with van der Waals surface area (Å²) in [6, 6.07) is 5.59. The van der Waals surface area contributed by atoms with E-state index in [-0.39, 0.29) is 6.42 Å². The molecule has 0 fully saturated rings. The highest BCUT2D eigenvalue weighted by atomic mass is 16.4. The highest BCUT2D eigenvalue weighted by Gasteiger charge is 2.43. The Labute approximate surface area is 82.0 Å². The van der Waals surface area contributed by atoms with Gasteiger partial charge >= 0.3 is 5.97 Å². The average molecular weight is 192 g/mol. The number of aliphatic hydroxyl groups is 1. The number of aryl methyl sites for hydroxylation is 2. The largest absolute Gasteiger partial charge is 0.479 e. The van der Waals surface area contributed by atoms with Crippen LogP contribution in [0.2, 0.25) is 0 Å². The maximum absolute atomic E-state index is 10.9. The lowest BCUT2D eigenvalue weighted by molar-refractivity contribution is -0.159. The summed E-state index contributed by atoms with van der Waals surface area (Å²) in [6.07, 6.45) is 0.916. The lowest BCUT2D eigenvalue weighted by atomic mass is 9.95. The second-order valence-electron chi connectivity index (χ2n) is 3.83. The molecule has 1 aliphatic rings. The second kappa shape index (κ2) is 2.82. The number of carboxylic acid groups (broad SMARTS) is 1. The van der Waals surface area contributed by atoms with E-state index in [1.807, 2.05) is 19.1 Å². The molecule has 0 heterocycles. The van der Waals surface area contributed by atoms with Crippen molar-refractivity contribution in [3.8, 4) is 0 Å². The van der Waals surface area contributed by atoms with Crippen LogP contribution in [0.1, 0.15) is 23.1 Å². The summed E-state index contributed by atoms with van der Waals surface area (Å²) in [5.41, 5.74) is 0.817. The fourth-order valence-corrected chi connectivity index (χ4v) is 1.97. The number of hydrogen-bond donors (Lipinski definition) is 2. The molecule has 1 aromatic rings. The van der Waals surface area contributed by atoms with Gasteiger partial charge in [0.15, 0.2) is 5.60 Å². The molecule has 0 saturated carbocycles. The Morgan fingerprint density at radius 3 is 2.86 bits per heavy atom. The third-order valence-corrected chi connectivity index (χ3v) is 2.82. The molecule has 0 radical (unpaired) electrons. The maximum Gasteiger partial charge on any atom is 0.340 e. The van der Waals surface area contributed by atoms with Gasteiger partial charge in [0.1, 0.15) is 0 Å². The summed E-state index contributed by atoms with van der Waals surface area (Å²) in [6.45, 7) is 1.89. The minimum absolute atomic E-state index is 0.279. The van der Waals surface area contributed by atoms with Crippen LogP contribution >= 0.6 is 0 Å². The van der Waals surface area contributed by atoms with Crippen LogP contribution in [0.4, 0.5) is 0 Å². The van der Waals surface area contributed by atoms with Gasteiger partial charge in [-0.1, -0.05) is 23.8 Å². The number of carboxylic acids is 1. The van der Waals surface area contributed by atoms with E-state index in [9.17, 15) is 9.90 Å². The lowest BCUT2D eigenvalue weighted by Gasteiger charge is -2.18. The van der Waals surface area contributed by atoms with Gasteiger partial charge in [-0.15, -0.1) is 0 Å². The van der Waals surface area contributed by atoms with Crippen LogP contribution in [0.5, 0.6) is 0 Å². The van der Waals surface area contributed by atoms with E-state index in [0.717, 1.165) is 11.1 Å². The number of carbonyl (C=O) groups is 1. The van der Waals surface area contributed by atoms with Crippen LogP contribution < -0.4 is 0 Å². The van der Waals surface area contributed by atoms with Crippen LogP contribution in [0.25, 0.3) is 0 Å². The average Bonchev–Trinajstić information content (AvgIpc) is 2.46. The first-order chi connectivity index (χ1) is 6.54. The van der Waals surface area contributed by atoms with Crippen LogP contribution in [-0.2, 0) is 16.8 Å². The topological polar surface area (TPSA) is 57.5 Å². The molecule has 0 saturated heterocycles. The van der Waals surface area contributed by atoms with E-state index in [2.05, 4.69) is 0 Å². The van der Waals surface area contributed by atoms with Gasteiger partial charge < -0.3 is 10.2 Å². The number of aliphatic carboxylic acids is 1. The molecule has 2 rings (SSSR count). The number of rotatable bonds is 1. The molecule has 1 unspecified atom stereocenters. The quantitative estimate of drug-likeness (QED) is 0.703. The fraction of sp³-hybridized carbons (Fsp3) is 0.364. The Morgan fingerprint density at radius 1 is 1.50 bits per heavy atom. The van der Waals surface area contributed by atoms with E-state index < -0.39 is 11.6 Å². The molecule has 1 atom stereocenters. The highest BCUT2D eigenvalue weighted by molar-refractivity contribution is 5.81. The molecule has 0 aromatic heterocycles. The Hall–Kier alpha value is -1.35. The molecular formula is C11H12O3. The van der Waals surface area contributed by atoms with Crippen molar-refractivity contribution in [1.82, 2.24) is 0 Å². The van der Waals surface area contributed by atoms with Crippen molar-refractivity contribution >= 4 is 5.97 Å². The minimum Gasteiger partial charge on any atom is -0.479 e. The van der Waals surface area contributed by atoms with Crippen molar-refractivity contribution < 1.29 is 15.0 Å². The zero-order chi connectivity index (χ0) is 10.3. The van der Waals surface area contributed by atoms with Crippen molar-refractivity contribution in [1.29, 1.82) is 0 Å². The van der Waals surface area contributed by atoms with Gasteiger partial charge in [0.25, 0.3) is 0 Å². The molecule has 14 heavy (non-hydrogen) atoms. The van der Waals surface area contributed by atoms with Crippen LogP contribution in [-0.4, -0.2) is 16.2 Å². The van der Waals surface area contributed by atoms with E-state index in [4.69, 9.17) is 5.11 Å².